The van der Waals surface area contributed by atoms with Crippen LogP contribution in [0.2, 0.25) is 0 Å². The molecule has 2 aromatic rings. The van der Waals surface area contributed by atoms with Crippen LogP contribution in [0.4, 0.5) is 5.00 Å². The molecule has 1 heterocycles. The SMILES string of the molecule is NCCCN(c1snc2ccccc12)C1CC1. The van der Waals surface area contributed by atoms with Crippen LogP contribution in [0.3, 0.4) is 0 Å². The Bertz CT molecular complexity index is 504. The van der Waals surface area contributed by atoms with Crippen LogP contribution < -0.4 is 10.6 Å². The summed E-state index contributed by atoms with van der Waals surface area (Å²) >= 11 is 1.62. The molecular formula is C13H17N3S. The second-order valence-corrected chi connectivity index (χ2v) is 5.32. The first-order valence-electron chi connectivity index (χ1n) is 6.21. The molecule has 0 spiro atoms. The molecule has 0 bridgehead atoms. The number of anilines is 1. The summed E-state index contributed by atoms with van der Waals surface area (Å²) in [4.78, 5) is 2.51. The van der Waals surface area contributed by atoms with Crippen LogP contribution in [0.15, 0.2) is 24.3 Å². The van der Waals surface area contributed by atoms with E-state index in [9.17, 15) is 0 Å². The second-order valence-electron chi connectivity index (χ2n) is 4.57. The molecule has 1 aromatic heterocycles. The van der Waals surface area contributed by atoms with E-state index in [0.29, 0.717) is 0 Å². The summed E-state index contributed by atoms with van der Waals surface area (Å²) in [7, 11) is 0. The van der Waals surface area contributed by atoms with E-state index in [0.717, 1.165) is 31.1 Å². The van der Waals surface area contributed by atoms with E-state index < -0.39 is 0 Å². The van der Waals surface area contributed by atoms with E-state index in [2.05, 4.69) is 27.5 Å². The van der Waals surface area contributed by atoms with Gasteiger partial charge < -0.3 is 10.6 Å². The summed E-state index contributed by atoms with van der Waals surface area (Å²) in [5, 5.41) is 2.62. The van der Waals surface area contributed by atoms with Gasteiger partial charge in [-0.3, -0.25) is 0 Å². The van der Waals surface area contributed by atoms with Gasteiger partial charge >= 0.3 is 0 Å². The van der Waals surface area contributed by atoms with Crippen LogP contribution in [0, 0.1) is 0 Å². The minimum absolute atomic E-state index is 0.727. The average Bonchev–Trinajstić information content (AvgIpc) is 3.11. The van der Waals surface area contributed by atoms with Gasteiger partial charge in [0.2, 0.25) is 0 Å². The van der Waals surface area contributed by atoms with Crippen molar-refractivity contribution < 1.29 is 0 Å². The lowest BCUT2D eigenvalue weighted by atomic mass is 10.2. The highest BCUT2D eigenvalue weighted by atomic mass is 32.1. The quantitative estimate of drug-likeness (QED) is 0.883. The smallest absolute Gasteiger partial charge is 0.120 e. The normalized spacial score (nSPS) is 15.4. The number of hydrogen-bond donors (Lipinski definition) is 1. The highest BCUT2D eigenvalue weighted by molar-refractivity contribution is 7.11. The predicted molar refractivity (Wildman–Crippen MR) is 73.7 cm³/mol. The zero-order valence-electron chi connectivity index (χ0n) is 9.80. The minimum Gasteiger partial charge on any atom is -0.359 e. The van der Waals surface area contributed by atoms with Gasteiger partial charge in [-0.1, -0.05) is 12.1 Å². The molecule has 4 heteroatoms. The topological polar surface area (TPSA) is 42.1 Å². The standard InChI is InChI=1S/C13H17N3S/c14-8-3-9-16(10-6-7-10)13-11-4-1-2-5-12(11)15-17-13/h1-2,4-5,10H,3,6-9,14H2. The molecule has 1 fully saturated rings. The molecule has 0 atom stereocenters. The predicted octanol–water partition coefficient (Wildman–Crippen LogP) is 2.61. The molecule has 0 aliphatic heterocycles. The van der Waals surface area contributed by atoms with Crippen LogP contribution in [-0.4, -0.2) is 23.5 Å². The van der Waals surface area contributed by atoms with Crippen LogP contribution in [0.1, 0.15) is 19.3 Å². The fourth-order valence-electron chi connectivity index (χ4n) is 2.18. The number of fused-ring (bicyclic) bond motifs is 1. The molecule has 1 aliphatic carbocycles. The van der Waals surface area contributed by atoms with Crippen molar-refractivity contribution in [1.82, 2.24) is 4.37 Å². The molecule has 0 amide bonds. The zero-order chi connectivity index (χ0) is 11.7. The fraction of sp³-hybridized carbons (Fsp3) is 0.462. The van der Waals surface area contributed by atoms with Gasteiger partial charge in [0.1, 0.15) is 5.00 Å². The third-order valence-corrected chi connectivity index (χ3v) is 4.13. The summed E-state index contributed by atoms with van der Waals surface area (Å²) in [5.74, 6) is 0. The number of aromatic nitrogens is 1. The van der Waals surface area contributed by atoms with Gasteiger partial charge in [-0.25, -0.2) is 0 Å². The summed E-state index contributed by atoms with van der Waals surface area (Å²) in [6.45, 7) is 1.83. The van der Waals surface area contributed by atoms with Crippen molar-refractivity contribution in [2.75, 3.05) is 18.0 Å². The largest absolute Gasteiger partial charge is 0.359 e. The third kappa shape index (κ3) is 2.15. The molecule has 90 valence electrons. The lowest BCUT2D eigenvalue weighted by Gasteiger charge is -2.22. The van der Waals surface area contributed by atoms with Gasteiger partial charge in [-0.15, -0.1) is 0 Å². The zero-order valence-corrected chi connectivity index (χ0v) is 10.6. The van der Waals surface area contributed by atoms with Crippen molar-refractivity contribution in [2.45, 2.75) is 25.3 Å². The Morgan fingerprint density at radius 2 is 2.18 bits per heavy atom. The lowest BCUT2D eigenvalue weighted by molar-refractivity contribution is 0.739. The number of rotatable bonds is 5. The second kappa shape index (κ2) is 4.63. The first-order valence-corrected chi connectivity index (χ1v) is 6.98. The first-order chi connectivity index (χ1) is 8.40. The van der Waals surface area contributed by atoms with Gasteiger partial charge in [-0.05, 0) is 49.5 Å². The van der Waals surface area contributed by atoms with Crippen molar-refractivity contribution in [3.05, 3.63) is 24.3 Å². The van der Waals surface area contributed by atoms with E-state index in [1.54, 1.807) is 11.5 Å². The molecule has 0 saturated heterocycles. The lowest BCUT2D eigenvalue weighted by Crippen LogP contribution is -2.27. The Morgan fingerprint density at radius 3 is 2.94 bits per heavy atom. The molecule has 17 heavy (non-hydrogen) atoms. The molecule has 1 aliphatic rings. The fourth-order valence-corrected chi connectivity index (χ4v) is 3.14. The van der Waals surface area contributed by atoms with Gasteiger partial charge in [-0.2, -0.15) is 4.37 Å². The molecule has 1 saturated carbocycles. The summed E-state index contributed by atoms with van der Waals surface area (Å²) in [6.07, 6.45) is 3.69. The van der Waals surface area contributed by atoms with Crippen molar-refractivity contribution in [2.24, 2.45) is 5.73 Å². The number of hydrogen-bond acceptors (Lipinski definition) is 4. The minimum atomic E-state index is 0.727. The van der Waals surface area contributed by atoms with Crippen molar-refractivity contribution in [3.63, 3.8) is 0 Å². The van der Waals surface area contributed by atoms with Gasteiger partial charge in [0.05, 0.1) is 5.52 Å². The number of benzene rings is 1. The Kier molecular flexibility index (Phi) is 2.99. The molecule has 3 rings (SSSR count). The Balaban J connectivity index is 1.94. The van der Waals surface area contributed by atoms with E-state index in [4.69, 9.17) is 5.73 Å². The third-order valence-electron chi connectivity index (χ3n) is 3.22. The summed E-state index contributed by atoms with van der Waals surface area (Å²) in [5.41, 5.74) is 6.74. The van der Waals surface area contributed by atoms with E-state index >= 15 is 0 Å². The first kappa shape index (κ1) is 11.0. The van der Waals surface area contributed by atoms with Crippen LogP contribution in [0.25, 0.3) is 10.9 Å². The molecule has 3 nitrogen and oxygen atoms in total. The Labute approximate surface area is 105 Å². The Hall–Kier alpha value is -1.13. The summed E-state index contributed by atoms with van der Waals surface area (Å²) in [6, 6.07) is 9.13. The summed E-state index contributed by atoms with van der Waals surface area (Å²) < 4.78 is 4.53. The molecule has 1 aromatic carbocycles. The maximum absolute atomic E-state index is 5.62. The highest BCUT2D eigenvalue weighted by Crippen LogP contribution is 2.38. The number of nitrogens with zero attached hydrogens (tertiary/aromatic N) is 2. The monoisotopic (exact) mass is 247 g/mol. The molecular weight excluding hydrogens is 230 g/mol. The molecule has 0 radical (unpaired) electrons. The highest BCUT2D eigenvalue weighted by Gasteiger charge is 2.30. The van der Waals surface area contributed by atoms with Gasteiger partial charge in [0.15, 0.2) is 0 Å². The number of nitrogens with two attached hydrogens (primary N) is 1. The van der Waals surface area contributed by atoms with Gasteiger partial charge in [0.25, 0.3) is 0 Å². The maximum atomic E-state index is 5.62. The Morgan fingerprint density at radius 1 is 1.35 bits per heavy atom. The van der Waals surface area contributed by atoms with E-state index in [1.165, 1.54) is 23.2 Å². The van der Waals surface area contributed by atoms with E-state index in [-0.39, 0.29) is 0 Å². The van der Waals surface area contributed by atoms with Crippen molar-refractivity contribution in [1.29, 1.82) is 0 Å². The van der Waals surface area contributed by atoms with Crippen LogP contribution in [0.5, 0.6) is 0 Å². The maximum Gasteiger partial charge on any atom is 0.120 e. The van der Waals surface area contributed by atoms with Crippen molar-refractivity contribution >= 4 is 27.4 Å². The van der Waals surface area contributed by atoms with Gasteiger partial charge in [0, 0.05) is 18.0 Å². The molecule has 2 N–H and O–H groups in total. The van der Waals surface area contributed by atoms with Crippen LogP contribution >= 0.6 is 11.5 Å². The van der Waals surface area contributed by atoms with Crippen LogP contribution in [-0.2, 0) is 0 Å². The average molecular weight is 247 g/mol. The van der Waals surface area contributed by atoms with E-state index in [1.807, 2.05) is 6.07 Å². The van der Waals surface area contributed by atoms with Crippen molar-refractivity contribution in [3.8, 4) is 0 Å². The molecule has 0 unspecified atom stereocenters.